The first-order chi connectivity index (χ1) is 15.5. The zero-order chi connectivity index (χ0) is 22.4. The van der Waals surface area contributed by atoms with Crippen LogP contribution in [0.25, 0.3) is 10.9 Å². The van der Waals surface area contributed by atoms with Crippen molar-refractivity contribution >= 4 is 22.7 Å². The minimum Gasteiger partial charge on any atom is -0.378 e. The Morgan fingerprint density at radius 3 is 2.75 bits per heavy atom. The summed E-state index contributed by atoms with van der Waals surface area (Å²) in [6, 6.07) is 6.07. The van der Waals surface area contributed by atoms with Crippen LogP contribution in [0.3, 0.4) is 0 Å². The Morgan fingerprint density at radius 2 is 1.97 bits per heavy atom. The van der Waals surface area contributed by atoms with Gasteiger partial charge in [-0.05, 0) is 36.8 Å². The molecule has 0 unspecified atom stereocenters. The first-order valence-electron chi connectivity index (χ1n) is 10.8. The molecular formula is C22H26F3N5OS. The summed E-state index contributed by atoms with van der Waals surface area (Å²) in [5, 5.41) is 12.5. The van der Waals surface area contributed by atoms with E-state index >= 15 is 0 Å². The summed E-state index contributed by atoms with van der Waals surface area (Å²) in [6.45, 7) is 3.10. The smallest absolute Gasteiger partial charge is 0.378 e. The van der Waals surface area contributed by atoms with Crippen molar-refractivity contribution in [2.45, 2.75) is 55.9 Å². The first-order valence-corrected chi connectivity index (χ1v) is 11.8. The molecule has 1 saturated heterocycles. The van der Waals surface area contributed by atoms with Gasteiger partial charge in [-0.1, -0.05) is 24.1 Å². The van der Waals surface area contributed by atoms with Gasteiger partial charge < -0.3 is 10.1 Å². The summed E-state index contributed by atoms with van der Waals surface area (Å²) < 4.78 is 45.7. The third-order valence-electron chi connectivity index (χ3n) is 5.37. The summed E-state index contributed by atoms with van der Waals surface area (Å²) >= 11 is 1.67. The van der Waals surface area contributed by atoms with Gasteiger partial charge in [0.15, 0.2) is 0 Å². The summed E-state index contributed by atoms with van der Waals surface area (Å²) in [5.74, 6) is 0.921. The Labute approximate surface area is 188 Å². The first kappa shape index (κ1) is 23.0. The second-order valence-electron chi connectivity index (χ2n) is 7.89. The maximum atomic E-state index is 12.9. The van der Waals surface area contributed by atoms with E-state index in [1.165, 1.54) is 6.07 Å². The normalized spacial score (nSPS) is 14.7. The molecule has 3 heterocycles. The number of nitrogens with one attached hydrogen (secondary N) is 1. The van der Waals surface area contributed by atoms with Gasteiger partial charge in [-0.2, -0.15) is 13.2 Å². The van der Waals surface area contributed by atoms with Crippen LogP contribution in [-0.2, 0) is 24.0 Å². The molecular weight excluding hydrogens is 439 g/mol. The largest absolute Gasteiger partial charge is 0.416 e. The van der Waals surface area contributed by atoms with Crippen molar-refractivity contribution in [1.29, 1.82) is 0 Å². The van der Waals surface area contributed by atoms with Crippen LogP contribution in [0.2, 0.25) is 0 Å². The van der Waals surface area contributed by atoms with Gasteiger partial charge in [0.25, 0.3) is 0 Å². The summed E-state index contributed by atoms with van der Waals surface area (Å²) in [5.41, 5.74) is 0.664. The van der Waals surface area contributed by atoms with E-state index in [1.807, 2.05) is 16.9 Å². The SMILES string of the molecule is FC(F)(F)c1ccc2c(SCCCCCCn3cc(CNC4COC4)nn3)ccnc2c1. The lowest BCUT2D eigenvalue weighted by Crippen LogP contribution is -2.45. The van der Waals surface area contributed by atoms with Gasteiger partial charge in [-0.25, -0.2) is 0 Å². The zero-order valence-corrected chi connectivity index (χ0v) is 18.5. The molecule has 1 fully saturated rings. The fourth-order valence-corrected chi connectivity index (χ4v) is 4.52. The van der Waals surface area contributed by atoms with E-state index in [4.69, 9.17) is 4.74 Å². The van der Waals surface area contributed by atoms with E-state index in [1.54, 1.807) is 18.0 Å². The molecule has 0 amide bonds. The van der Waals surface area contributed by atoms with Gasteiger partial charge in [-0.15, -0.1) is 16.9 Å². The fourth-order valence-electron chi connectivity index (χ4n) is 3.47. The Kier molecular flexibility index (Phi) is 7.64. The van der Waals surface area contributed by atoms with Gasteiger partial charge in [-0.3, -0.25) is 9.67 Å². The molecule has 0 radical (unpaired) electrons. The maximum Gasteiger partial charge on any atom is 0.416 e. The molecule has 10 heteroatoms. The van der Waals surface area contributed by atoms with Crippen LogP contribution >= 0.6 is 11.8 Å². The molecule has 0 saturated carbocycles. The number of alkyl halides is 3. The highest BCUT2D eigenvalue weighted by Gasteiger charge is 2.30. The summed E-state index contributed by atoms with van der Waals surface area (Å²) in [4.78, 5) is 5.08. The van der Waals surface area contributed by atoms with Crippen LogP contribution < -0.4 is 5.32 Å². The van der Waals surface area contributed by atoms with Crippen molar-refractivity contribution in [2.75, 3.05) is 19.0 Å². The Hall–Kier alpha value is -2.17. The number of aromatic nitrogens is 4. The van der Waals surface area contributed by atoms with Crippen molar-refractivity contribution in [2.24, 2.45) is 0 Å². The molecule has 1 aliphatic heterocycles. The third-order valence-corrected chi connectivity index (χ3v) is 6.52. The van der Waals surface area contributed by atoms with E-state index < -0.39 is 11.7 Å². The molecule has 1 aromatic carbocycles. The minimum absolute atomic E-state index is 0.383. The molecule has 0 aliphatic carbocycles. The van der Waals surface area contributed by atoms with Crippen LogP contribution in [0.4, 0.5) is 13.2 Å². The molecule has 6 nitrogen and oxygen atoms in total. The van der Waals surface area contributed by atoms with Crippen molar-refractivity contribution in [3.8, 4) is 0 Å². The minimum atomic E-state index is -4.35. The molecule has 32 heavy (non-hydrogen) atoms. The number of fused-ring (bicyclic) bond motifs is 1. The number of benzene rings is 1. The van der Waals surface area contributed by atoms with E-state index in [9.17, 15) is 13.2 Å². The average Bonchev–Trinajstić information content (AvgIpc) is 3.18. The third kappa shape index (κ3) is 6.20. The topological polar surface area (TPSA) is 64.9 Å². The number of unbranched alkanes of at least 4 members (excludes halogenated alkanes) is 3. The second-order valence-corrected chi connectivity index (χ2v) is 9.03. The Balaban J connectivity index is 1.14. The number of hydrogen-bond donors (Lipinski definition) is 1. The van der Waals surface area contributed by atoms with Crippen LogP contribution in [-0.4, -0.2) is 45.0 Å². The average molecular weight is 466 g/mol. The number of ether oxygens (including phenoxy) is 1. The lowest BCUT2D eigenvalue weighted by Gasteiger charge is -2.26. The standard InChI is InChI=1S/C22H26F3N5OS/c23-22(24,25)16-5-6-19-20(11-16)26-8-7-21(19)32-10-4-2-1-3-9-30-13-17(28-29-30)12-27-18-14-31-15-18/h5-8,11,13,18,27H,1-4,9-10,12,14-15H2. The van der Waals surface area contributed by atoms with Crippen molar-refractivity contribution < 1.29 is 17.9 Å². The number of thioether (sulfide) groups is 1. The fraction of sp³-hybridized carbons (Fsp3) is 0.500. The molecule has 4 rings (SSSR count). The second kappa shape index (κ2) is 10.6. The molecule has 2 aromatic heterocycles. The lowest BCUT2D eigenvalue weighted by atomic mass is 10.1. The lowest BCUT2D eigenvalue weighted by molar-refractivity contribution is -0.137. The molecule has 0 spiro atoms. The molecule has 3 aromatic rings. The van der Waals surface area contributed by atoms with Crippen molar-refractivity contribution in [3.63, 3.8) is 0 Å². The molecule has 0 bridgehead atoms. The Morgan fingerprint density at radius 1 is 1.12 bits per heavy atom. The number of pyridine rings is 1. The highest BCUT2D eigenvalue weighted by molar-refractivity contribution is 7.99. The number of nitrogens with zero attached hydrogens (tertiary/aromatic N) is 4. The summed E-state index contributed by atoms with van der Waals surface area (Å²) in [6.07, 6.45) is 3.49. The van der Waals surface area contributed by atoms with Crippen LogP contribution in [0, 0.1) is 0 Å². The van der Waals surface area contributed by atoms with Gasteiger partial charge in [0.05, 0.1) is 36.0 Å². The van der Waals surface area contributed by atoms with E-state index in [0.717, 1.165) is 79.3 Å². The molecule has 1 N–H and O–H groups in total. The maximum absolute atomic E-state index is 12.9. The van der Waals surface area contributed by atoms with E-state index in [0.29, 0.717) is 18.1 Å². The number of halogens is 3. The quantitative estimate of drug-likeness (QED) is 0.328. The molecule has 1 aliphatic rings. The van der Waals surface area contributed by atoms with E-state index in [2.05, 4.69) is 20.6 Å². The predicted molar refractivity (Wildman–Crippen MR) is 117 cm³/mol. The van der Waals surface area contributed by atoms with E-state index in [-0.39, 0.29) is 0 Å². The Bertz CT molecular complexity index is 1020. The highest BCUT2D eigenvalue weighted by Crippen LogP contribution is 2.33. The zero-order valence-electron chi connectivity index (χ0n) is 17.6. The monoisotopic (exact) mass is 465 g/mol. The number of rotatable bonds is 11. The molecule has 172 valence electrons. The number of hydrogen-bond acceptors (Lipinski definition) is 6. The van der Waals surface area contributed by atoms with Gasteiger partial charge in [0.2, 0.25) is 0 Å². The van der Waals surface area contributed by atoms with Gasteiger partial charge >= 0.3 is 6.18 Å². The van der Waals surface area contributed by atoms with Gasteiger partial charge in [0, 0.05) is 35.8 Å². The van der Waals surface area contributed by atoms with Crippen LogP contribution in [0.5, 0.6) is 0 Å². The van der Waals surface area contributed by atoms with Crippen molar-refractivity contribution in [1.82, 2.24) is 25.3 Å². The molecule has 0 atom stereocenters. The summed E-state index contributed by atoms with van der Waals surface area (Å²) in [7, 11) is 0. The predicted octanol–water partition coefficient (Wildman–Crippen LogP) is 4.69. The van der Waals surface area contributed by atoms with Crippen LogP contribution in [0.1, 0.15) is 36.9 Å². The van der Waals surface area contributed by atoms with Crippen LogP contribution in [0.15, 0.2) is 41.6 Å². The highest BCUT2D eigenvalue weighted by atomic mass is 32.2. The number of aryl methyl sites for hydroxylation is 1. The van der Waals surface area contributed by atoms with Crippen molar-refractivity contribution in [3.05, 3.63) is 47.9 Å². The van der Waals surface area contributed by atoms with Gasteiger partial charge in [0.1, 0.15) is 0 Å².